The molecule has 0 aliphatic carbocycles. The summed E-state index contributed by atoms with van der Waals surface area (Å²) in [5, 5.41) is 3.20. The molecule has 0 spiro atoms. The van der Waals surface area contributed by atoms with E-state index in [1.165, 1.54) is 12.1 Å². The molecular formula is C15H23F3N2O. The number of hydrogen-bond donors (Lipinski definition) is 1. The Kier molecular flexibility index (Phi) is 6.04. The lowest BCUT2D eigenvalue weighted by Gasteiger charge is -2.28. The summed E-state index contributed by atoms with van der Waals surface area (Å²) >= 11 is 0. The largest absolute Gasteiger partial charge is 0.573 e. The third kappa shape index (κ3) is 7.34. The van der Waals surface area contributed by atoms with Gasteiger partial charge in [0.2, 0.25) is 0 Å². The Morgan fingerprint density at radius 2 is 1.76 bits per heavy atom. The number of nitrogens with zero attached hydrogens (tertiary/aromatic N) is 1. The predicted octanol–water partition coefficient (Wildman–Crippen LogP) is 3.26. The number of hydrogen-bond acceptors (Lipinski definition) is 3. The molecule has 0 fully saturated rings. The topological polar surface area (TPSA) is 24.5 Å². The Morgan fingerprint density at radius 3 is 2.33 bits per heavy atom. The third-order valence-corrected chi connectivity index (χ3v) is 2.86. The minimum Gasteiger partial charge on any atom is -0.405 e. The van der Waals surface area contributed by atoms with Gasteiger partial charge in [0.1, 0.15) is 5.75 Å². The van der Waals surface area contributed by atoms with Crippen LogP contribution in [0.2, 0.25) is 0 Å². The second-order valence-electron chi connectivity index (χ2n) is 6.16. The number of alkyl halides is 3. The van der Waals surface area contributed by atoms with Gasteiger partial charge >= 0.3 is 6.36 Å². The highest BCUT2D eigenvalue weighted by molar-refractivity contribution is 5.33. The van der Waals surface area contributed by atoms with Gasteiger partial charge < -0.3 is 15.0 Å². The van der Waals surface area contributed by atoms with E-state index in [0.29, 0.717) is 18.7 Å². The minimum absolute atomic E-state index is 0.0311. The van der Waals surface area contributed by atoms with Crippen LogP contribution in [0.3, 0.4) is 0 Å². The van der Waals surface area contributed by atoms with Crippen molar-refractivity contribution in [3.8, 4) is 5.75 Å². The number of benzene rings is 1. The Morgan fingerprint density at radius 1 is 1.14 bits per heavy atom. The van der Waals surface area contributed by atoms with Gasteiger partial charge in [-0.15, -0.1) is 13.2 Å². The molecule has 0 radical (unpaired) electrons. The van der Waals surface area contributed by atoms with E-state index in [4.69, 9.17) is 0 Å². The van der Waals surface area contributed by atoms with Gasteiger partial charge in [-0.1, -0.05) is 32.0 Å². The van der Waals surface area contributed by atoms with E-state index in [1.807, 2.05) is 14.1 Å². The molecule has 0 atom stereocenters. The normalized spacial score (nSPS) is 12.8. The third-order valence-electron chi connectivity index (χ3n) is 2.86. The number of nitrogens with one attached hydrogen (secondary N) is 1. The Bertz CT molecular complexity index is 445. The molecule has 0 saturated carbocycles. The molecule has 0 saturated heterocycles. The molecule has 0 unspecified atom stereocenters. The fourth-order valence-electron chi connectivity index (χ4n) is 2.32. The van der Waals surface area contributed by atoms with Gasteiger partial charge in [-0.25, -0.2) is 0 Å². The van der Waals surface area contributed by atoms with E-state index in [0.717, 1.165) is 6.54 Å². The lowest BCUT2D eigenvalue weighted by Crippen LogP contribution is -2.37. The Labute approximate surface area is 124 Å². The zero-order valence-electron chi connectivity index (χ0n) is 12.9. The summed E-state index contributed by atoms with van der Waals surface area (Å²) in [6.45, 7) is 6.14. The second-order valence-corrected chi connectivity index (χ2v) is 6.16. The smallest absolute Gasteiger partial charge is 0.405 e. The summed E-state index contributed by atoms with van der Waals surface area (Å²) in [4.78, 5) is 2.09. The fourth-order valence-corrected chi connectivity index (χ4v) is 2.32. The minimum atomic E-state index is -4.67. The SMILES string of the molecule is CN(C)CC(C)(C)CNCc1ccccc1OC(F)(F)F. The summed E-state index contributed by atoms with van der Waals surface area (Å²) in [6.07, 6.45) is -4.67. The lowest BCUT2D eigenvalue weighted by molar-refractivity contribution is -0.274. The van der Waals surface area contributed by atoms with Gasteiger partial charge in [-0.2, -0.15) is 0 Å². The summed E-state index contributed by atoms with van der Waals surface area (Å²) in [5.74, 6) is -0.150. The zero-order chi connectivity index (χ0) is 16.1. The second kappa shape index (κ2) is 7.13. The first kappa shape index (κ1) is 17.8. The van der Waals surface area contributed by atoms with Crippen LogP contribution in [0.4, 0.5) is 13.2 Å². The number of ether oxygens (including phenoxy) is 1. The quantitative estimate of drug-likeness (QED) is 0.837. The predicted molar refractivity (Wildman–Crippen MR) is 77.2 cm³/mol. The highest BCUT2D eigenvalue weighted by atomic mass is 19.4. The van der Waals surface area contributed by atoms with Crippen molar-refractivity contribution in [2.45, 2.75) is 26.8 Å². The summed E-state index contributed by atoms with van der Waals surface area (Å²) in [5.41, 5.74) is 0.527. The van der Waals surface area contributed by atoms with Crippen molar-refractivity contribution in [1.29, 1.82) is 0 Å². The molecule has 1 aromatic rings. The number of para-hydroxylation sites is 1. The maximum atomic E-state index is 12.3. The van der Waals surface area contributed by atoms with Crippen molar-refractivity contribution in [3.05, 3.63) is 29.8 Å². The maximum absolute atomic E-state index is 12.3. The molecule has 1 rings (SSSR count). The van der Waals surface area contributed by atoms with Crippen LogP contribution in [0.5, 0.6) is 5.75 Å². The van der Waals surface area contributed by atoms with Crippen LogP contribution in [0.1, 0.15) is 19.4 Å². The van der Waals surface area contributed by atoms with E-state index < -0.39 is 6.36 Å². The molecule has 0 amide bonds. The molecular weight excluding hydrogens is 281 g/mol. The standard InChI is InChI=1S/C15H23F3N2O/c1-14(2,11-20(3)4)10-19-9-12-7-5-6-8-13(12)21-15(16,17)18/h5-8,19H,9-11H2,1-4H3. The Balaban J connectivity index is 2.60. The molecule has 0 bridgehead atoms. The van der Waals surface area contributed by atoms with Crippen molar-refractivity contribution < 1.29 is 17.9 Å². The van der Waals surface area contributed by atoms with E-state index in [2.05, 4.69) is 28.8 Å². The van der Waals surface area contributed by atoms with Crippen LogP contribution in [0.15, 0.2) is 24.3 Å². The van der Waals surface area contributed by atoms with Gasteiger partial charge in [0.05, 0.1) is 0 Å². The fraction of sp³-hybridized carbons (Fsp3) is 0.600. The summed E-state index contributed by atoms with van der Waals surface area (Å²) < 4.78 is 41.0. The van der Waals surface area contributed by atoms with Crippen LogP contribution < -0.4 is 10.1 Å². The van der Waals surface area contributed by atoms with Crippen LogP contribution in [-0.2, 0) is 6.54 Å². The molecule has 0 aromatic heterocycles. The van der Waals surface area contributed by atoms with E-state index >= 15 is 0 Å². The van der Waals surface area contributed by atoms with E-state index in [-0.39, 0.29) is 11.2 Å². The summed E-state index contributed by atoms with van der Waals surface area (Å²) in [6, 6.07) is 6.19. The van der Waals surface area contributed by atoms with Gasteiger partial charge in [0.25, 0.3) is 0 Å². The van der Waals surface area contributed by atoms with Crippen molar-refractivity contribution in [2.75, 3.05) is 27.2 Å². The molecule has 6 heteroatoms. The number of halogens is 3. The number of rotatable bonds is 7. The van der Waals surface area contributed by atoms with Crippen molar-refractivity contribution in [2.24, 2.45) is 5.41 Å². The molecule has 1 N–H and O–H groups in total. The van der Waals surface area contributed by atoms with Gasteiger partial charge in [0.15, 0.2) is 0 Å². The first-order valence-corrected chi connectivity index (χ1v) is 6.78. The Hall–Kier alpha value is -1.27. The van der Waals surface area contributed by atoms with Gasteiger partial charge in [0, 0.05) is 25.2 Å². The van der Waals surface area contributed by atoms with E-state index in [9.17, 15) is 13.2 Å². The van der Waals surface area contributed by atoms with Crippen LogP contribution in [0, 0.1) is 5.41 Å². The molecule has 120 valence electrons. The van der Waals surface area contributed by atoms with Crippen molar-refractivity contribution >= 4 is 0 Å². The maximum Gasteiger partial charge on any atom is 0.573 e. The first-order valence-electron chi connectivity index (χ1n) is 6.78. The molecule has 3 nitrogen and oxygen atoms in total. The summed E-state index contributed by atoms with van der Waals surface area (Å²) in [7, 11) is 3.99. The van der Waals surface area contributed by atoms with Crippen molar-refractivity contribution in [3.63, 3.8) is 0 Å². The zero-order valence-corrected chi connectivity index (χ0v) is 12.9. The van der Waals surface area contributed by atoms with Gasteiger partial charge in [-0.05, 0) is 25.6 Å². The molecule has 1 aromatic carbocycles. The first-order chi connectivity index (χ1) is 9.59. The molecule has 21 heavy (non-hydrogen) atoms. The highest BCUT2D eigenvalue weighted by Gasteiger charge is 2.32. The van der Waals surface area contributed by atoms with Crippen molar-refractivity contribution in [1.82, 2.24) is 10.2 Å². The lowest BCUT2D eigenvalue weighted by atomic mass is 9.93. The molecule has 0 aliphatic rings. The van der Waals surface area contributed by atoms with Crippen LogP contribution in [0.25, 0.3) is 0 Å². The average Bonchev–Trinajstić information content (AvgIpc) is 2.27. The van der Waals surface area contributed by atoms with Crippen LogP contribution in [-0.4, -0.2) is 38.4 Å². The molecule has 0 heterocycles. The highest BCUT2D eigenvalue weighted by Crippen LogP contribution is 2.26. The van der Waals surface area contributed by atoms with Crippen LogP contribution >= 0.6 is 0 Å². The average molecular weight is 304 g/mol. The van der Waals surface area contributed by atoms with E-state index in [1.54, 1.807) is 12.1 Å². The molecule has 0 aliphatic heterocycles. The van der Waals surface area contributed by atoms with Gasteiger partial charge in [-0.3, -0.25) is 0 Å². The monoisotopic (exact) mass is 304 g/mol.